The van der Waals surface area contributed by atoms with Crippen molar-refractivity contribution in [3.8, 4) is 0 Å². The van der Waals surface area contributed by atoms with E-state index in [1.165, 1.54) is 7.11 Å². The largest absolute Gasteiger partial charge is 0.367 e. The molecule has 1 aromatic carbocycles. The Morgan fingerprint density at radius 2 is 2.07 bits per heavy atom. The maximum Gasteiger partial charge on any atom is 0.251 e. The van der Waals surface area contributed by atoms with Gasteiger partial charge in [0.2, 0.25) is 0 Å². The molecule has 0 aliphatic heterocycles. The van der Waals surface area contributed by atoms with E-state index >= 15 is 0 Å². The molecule has 1 atom stereocenters. The van der Waals surface area contributed by atoms with Gasteiger partial charge in [0.1, 0.15) is 0 Å². The second kappa shape index (κ2) is 4.64. The van der Waals surface area contributed by atoms with Crippen molar-refractivity contribution in [1.82, 2.24) is 0 Å². The van der Waals surface area contributed by atoms with Crippen LogP contribution in [-0.2, 0) is 9.53 Å². The van der Waals surface area contributed by atoms with E-state index < -0.39 is 12.0 Å². The lowest BCUT2D eigenvalue weighted by atomic mass is 10.1. The summed E-state index contributed by atoms with van der Waals surface area (Å²) in [5, 5.41) is 0.794. The molecule has 0 spiro atoms. The average Bonchev–Trinajstić information content (AvgIpc) is 2.11. The molecule has 3 nitrogen and oxygen atoms in total. The van der Waals surface area contributed by atoms with E-state index in [1.54, 1.807) is 18.2 Å². The second-order valence-corrected chi connectivity index (χ2v) is 3.51. The minimum atomic E-state index is -0.787. The Kier molecular flexibility index (Phi) is 3.75. The molecule has 2 N–H and O–H groups in total. The summed E-state index contributed by atoms with van der Waals surface area (Å²) < 4.78 is 4.92. The van der Waals surface area contributed by atoms with Gasteiger partial charge in [0.25, 0.3) is 5.91 Å². The van der Waals surface area contributed by atoms with Crippen molar-refractivity contribution in [3.63, 3.8) is 0 Å². The molecular formula is C9H9Cl2NO2. The van der Waals surface area contributed by atoms with Gasteiger partial charge in [0.05, 0.1) is 10.0 Å². The van der Waals surface area contributed by atoms with Crippen LogP contribution in [0.25, 0.3) is 0 Å². The number of rotatable bonds is 3. The Labute approximate surface area is 91.7 Å². The minimum absolute atomic E-state index is 0.368. The van der Waals surface area contributed by atoms with E-state index in [9.17, 15) is 4.79 Å². The van der Waals surface area contributed by atoms with Crippen molar-refractivity contribution >= 4 is 29.1 Å². The van der Waals surface area contributed by atoms with Crippen molar-refractivity contribution in [2.45, 2.75) is 6.10 Å². The third-order valence-corrected chi connectivity index (χ3v) is 2.48. The first-order valence-corrected chi connectivity index (χ1v) is 4.59. The van der Waals surface area contributed by atoms with Gasteiger partial charge in [-0.2, -0.15) is 0 Å². The molecule has 0 saturated heterocycles. The number of hydrogen-bond donors (Lipinski definition) is 1. The van der Waals surface area contributed by atoms with Crippen molar-refractivity contribution in [2.75, 3.05) is 7.11 Å². The fourth-order valence-electron chi connectivity index (χ4n) is 1.09. The van der Waals surface area contributed by atoms with E-state index in [0.29, 0.717) is 15.6 Å². The van der Waals surface area contributed by atoms with Crippen molar-refractivity contribution in [1.29, 1.82) is 0 Å². The minimum Gasteiger partial charge on any atom is -0.367 e. The number of ether oxygens (including phenoxy) is 1. The number of hydrogen-bond acceptors (Lipinski definition) is 2. The van der Waals surface area contributed by atoms with Gasteiger partial charge < -0.3 is 10.5 Å². The van der Waals surface area contributed by atoms with Crippen LogP contribution >= 0.6 is 23.2 Å². The summed E-state index contributed by atoms with van der Waals surface area (Å²) in [6, 6.07) is 4.80. The molecule has 14 heavy (non-hydrogen) atoms. The molecule has 1 amide bonds. The Bertz CT molecular complexity index is 355. The Balaban J connectivity index is 3.06. The second-order valence-electron chi connectivity index (χ2n) is 2.69. The molecule has 0 radical (unpaired) electrons. The number of amides is 1. The highest BCUT2D eigenvalue weighted by atomic mass is 35.5. The maximum atomic E-state index is 10.9. The van der Waals surface area contributed by atoms with Crippen LogP contribution in [0.5, 0.6) is 0 Å². The zero-order valence-electron chi connectivity index (χ0n) is 7.46. The summed E-state index contributed by atoms with van der Waals surface area (Å²) in [5.74, 6) is -0.564. The van der Waals surface area contributed by atoms with Crippen LogP contribution in [0.15, 0.2) is 18.2 Å². The van der Waals surface area contributed by atoms with Crippen molar-refractivity contribution < 1.29 is 9.53 Å². The molecule has 0 aliphatic carbocycles. The maximum absolute atomic E-state index is 10.9. The van der Waals surface area contributed by atoms with Crippen LogP contribution in [0.3, 0.4) is 0 Å². The number of benzene rings is 1. The van der Waals surface area contributed by atoms with Gasteiger partial charge in [0.15, 0.2) is 6.10 Å². The number of nitrogens with two attached hydrogens (primary N) is 1. The summed E-state index contributed by atoms with van der Waals surface area (Å²) in [6.07, 6.45) is -0.787. The molecule has 5 heteroatoms. The molecule has 0 aliphatic rings. The quantitative estimate of drug-likeness (QED) is 0.871. The zero-order chi connectivity index (χ0) is 10.7. The fourth-order valence-corrected chi connectivity index (χ4v) is 1.40. The highest BCUT2D eigenvalue weighted by Crippen LogP contribution is 2.26. The molecule has 1 unspecified atom stereocenters. The van der Waals surface area contributed by atoms with Crippen LogP contribution in [0.2, 0.25) is 10.0 Å². The first kappa shape index (κ1) is 11.3. The lowest BCUT2D eigenvalue weighted by molar-refractivity contribution is -0.128. The average molecular weight is 234 g/mol. The van der Waals surface area contributed by atoms with E-state index in [-0.39, 0.29) is 0 Å². The summed E-state index contributed by atoms with van der Waals surface area (Å²) in [6.45, 7) is 0. The van der Waals surface area contributed by atoms with Crippen LogP contribution in [0, 0.1) is 0 Å². The fraction of sp³-hybridized carbons (Fsp3) is 0.222. The molecule has 0 bridgehead atoms. The Hall–Kier alpha value is -0.770. The lowest BCUT2D eigenvalue weighted by Crippen LogP contribution is -2.22. The first-order valence-electron chi connectivity index (χ1n) is 3.83. The van der Waals surface area contributed by atoms with Crippen molar-refractivity contribution in [2.24, 2.45) is 5.73 Å². The van der Waals surface area contributed by atoms with E-state index in [4.69, 9.17) is 33.7 Å². The summed E-state index contributed by atoms with van der Waals surface area (Å²) in [5.41, 5.74) is 5.72. The van der Waals surface area contributed by atoms with Crippen LogP contribution in [0.4, 0.5) is 0 Å². The summed E-state index contributed by atoms with van der Waals surface area (Å²) in [7, 11) is 1.40. The van der Waals surface area contributed by atoms with E-state index in [1.807, 2.05) is 0 Å². The highest BCUT2D eigenvalue weighted by Gasteiger charge is 2.17. The number of halogens is 2. The molecule has 76 valence electrons. The molecular weight excluding hydrogens is 225 g/mol. The number of carbonyl (C=O) groups is 1. The number of methoxy groups -OCH3 is 1. The van der Waals surface area contributed by atoms with Gasteiger partial charge in [-0.15, -0.1) is 0 Å². The van der Waals surface area contributed by atoms with Crippen LogP contribution < -0.4 is 5.73 Å². The normalized spacial score (nSPS) is 12.5. The molecule has 0 fully saturated rings. The predicted octanol–water partition coefficient (Wildman–Crippen LogP) is 2.17. The van der Waals surface area contributed by atoms with Gasteiger partial charge >= 0.3 is 0 Å². The van der Waals surface area contributed by atoms with Crippen LogP contribution in [0.1, 0.15) is 11.7 Å². The molecule has 0 aromatic heterocycles. The van der Waals surface area contributed by atoms with Gasteiger partial charge in [-0.3, -0.25) is 4.79 Å². The van der Waals surface area contributed by atoms with Crippen LogP contribution in [-0.4, -0.2) is 13.0 Å². The smallest absolute Gasteiger partial charge is 0.251 e. The number of primary amides is 1. The number of carbonyl (C=O) groups excluding carboxylic acids is 1. The van der Waals surface area contributed by atoms with Gasteiger partial charge in [-0.25, -0.2) is 0 Å². The topological polar surface area (TPSA) is 52.3 Å². The summed E-state index contributed by atoms with van der Waals surface area (Å²) in [4.78, 5) is 10.9. The molecule has 1 aromatic rings. The first-order chi connectivity index (χ1) is 6.56. The summed E-state index contributed by atoms with van der Waals surface area (Å²) >= 11 is 11.5. The Morgan fingerprint density at radius 1 is 1.43 bits per heavy atom. The van der Waals surface area contributed by atoms with Crippen molar-refractivity contribution in [3.05, 3.63) is 33.8 Å². The van der Waals surface area contributed by atoms with E-state index in [2.05, 4.69) is 0 Å². The molecule has 1 rings (SSSR count). The highest BCUT2D eigenvalue weighted by molar-refractivity contribution is 6.42. The third-order valence-electron chi connectivity index (χ3n) is 1.74. The molecule has 0 saturated carbocycles. The van der Waals surface area contributed by atoms with Gasteiger partial charge in [-0.05, 0) is 17.7 Å². The van der Waals surface area contributed by atoms with E-state index in [0.717, 1.165) is 0 Å². The van der Waals surface area contributed by atoms with Gasteiger partial charge in [-0.1, -0.05) is 29.3 Å². The lowest BCUT2D eigenvalue weighted by Gasteiger charge is -2.12. The predicted molar refractivity (Wildman–Crippen MR) is 55.4 cm³/mol. The Morgan fingerprint density at radius 3 is 2.50 bits per heavy atom. The monoisotopic (exact) mass is 233 g/mol. The standard InChI is InChI=1S/C9H9Cl2NO2/c1-14-8(9(12)13)5-2-3-6(10)7(11)4-5/h2-4,8H,1H3,(H2,12,13). The van der Waals surface area contributed by atoms with Gasteiger partial charge in [0, 0.05) is 7.11 Å². The third kappa shape index (κ3) is 2.38. The molecule has 0 heterocycles. The SMILES string of the molecule is COC(C(N)=O)c1ccc(Cl)c(Cl)c1. The zero-order valence-corrected chi connectivity index (χ0v) is 8.97.